The predicted molar refractivity (Wildman–Crippen MR) is 97.1 cm³/mol. The van der Waals surface area contributed by atoms with Gasteiger partial charge in [0.2, 0.25) is 5.89 Å². The van der Waals surface area contributed by atoms with Gasteiger partial charge < -0.3 is 15.1 Å². The second kappa shape index (κ2) is 7.51. The van der Waals surface area contributed by atoms with Gasteiger partial charge >= 0.3 is 0 Å². The molecule has 5 nitrogen and oxygen atoms in total. The Hall–Kier alpha value is -2.30. The summed E-state index contributed by atoms with van der Waals surface area (Å²) in [5.41, 5.74) is 3.17. The minimum atomic E-state index is 0.572. The average molecular weight is 326 g/mol. The minimum Gasteiger partial charge on any atom is -0.444 e. The van der Waals surface area contributed by atoms with Gasteiger partial charge in [-0.25, -0.2) is 4.98 Å². The number of aliphatic imine (C=N–C) groups is 1. The van der Waals surface area contributed by atoms with Gasteiger partial charge in [0, 0.05) is 31.1 Å². The molecule has 0 spiro atoms. The number of nitrogens with zero attached hydrogens (tertiary/aromatic N) is 2. The molecule has 1 aliphatic carbocycles. The smallest absolute Gasteiger partial charge is 0.226 e. The Morgan fingerprint density at radius 2 is 2.08 bits per heavy atom. The van der Waals surface area contributed by atoms with E-state index in [4.69, 9.17) is 4.42 Å². The molecular weight excluding hydrogens is 300 g/mol. The maximum atomic E-state index is 5.59. The number of aryl methyl sites for hydroxylation is 1. The van der Waals surface area contributed by atoms with Crippen molar-refractivity contribution in [1.82, 2.24) is 15.6 Å². The van der Waals surface area contributed by atoms with Gasteiger partial charge in [0.1, 0.15) is 6.26 Å². The number of nitrogens with one attached hydrogen (secondary N) is 2. The number of hydrogen-bond donors (Lipinski definition) is 2. The molecule has 5 heteroatoms. The van der Waals surface area contributed by atoms with Crippen LogP contribution in [0, 0.1) is 12.8 Å². The fraction of sp³-hybridized carbons (Fsp3) is 0.474. The Balaban J connectivity index is 1.56. The van der Waals surface area contributed by atoms with Crippen molar-refractivity contribution < 1.29 is 4.42 Å². The van der Waals surface area contributed by atoms with E-state index in [2.05, 4.69) is 53.5 Å². The van der Waals surface area contributed by atoms with Gasteiger partial charge in [0.05, 0.1) is 5.69 Å². The van der Waals surface area contributed by atoms with E-state index in [1.54, 1.807) is 6.26 Å². The van der Waals surface area contributed by atoms with Crippen LogP contribution < -0.4 is 10.6 Å². The highest BCUT2D eigenvalue weighted by molar-refractivity contribution is 5.80. The van der Waals surface area contributed by atoms with Crippen molar-refractivity contribution in [3.63, 3.8) is 0 Å². The minimum absolute atomic E-state index is 0.572. The van der Waals surface area contributed by atoms with E-state index >= 15 is 0 Å². The molecule has 24 heavy (non-hydrogen) atoms. The first-order valence-corrected chi connectivity index (χ1v) is 8.72. The zero-order valence-corrected chi connectivity index (χ0v) is 14.7. The summed E-state index contributed by atoms with van der Waals surface area (Å²) in [6.45, 7) is 7.97. The predicted octanol–water partition coefficient (Wildman–Crippen LogP) is 3.16. The third kappa shape index (κ3) is 4.37. The molecule has 2 unspecified atom stereocenters. The molecule has 128 valence electrons. The third-order valence-corrected chi connectivity index (χ3v) is 4.26. The molecule has 1 saturated carbocycles. The van der Waals surface area contributed by atoms with Gasteiger partial charge in [-0.2, -0.15) is 0 Å². The highest BCUT2D eigenvalue weighted by Gasteiger charge is 2.33. The Labute approximate surface area is 143 Å². The van der Waals surface area contributed by atoms with E-state index in [1.807, 2.05) is 12.1 Å². The van der Waals surface area contributed by atoms with Gasteiger partial charge in [0.15, 0.2) is 5.96 Å². The Bertz CT molecular complexity index is 690. The summed E-state index contributed by atoms with van der Waals surface area (Å²) in [6.07, 6.45) is 3.73. The molecule has 0 saturated heterocycles. The first kappa shape index (κ1) is 16.6. The number of oxazole rings is 1. The lowest BCUT2D eigenvalue weighted by Crippen LogP contribution is -2.39. The van der Waals surface area contributed by atoms with E-state index in [-0.39, 0.29) is 0 Å². The molecule has 1 fully saturated rings. The number of benzene rings is 1. The van der Waals surface area contributed by atoms with Gasteiger partial charge in [-0.1, -0.05) is 24.6 Å². The summed E-state index contributed by atoms with van der Waals surface area (Å²) in [5.74, 6) is 2.32. The lowest BCUT2D eigenvalue weighted by Gasteiger charge is -2.10. The average Bonchev–Trinajstić information content (AvgIpc) is 3.07. The van der Waals surface area contributed by atoms with Gasteiger partial charge in [-0.3, -0.25) is 4.99 Å². The quantitative estimate of drug-likeness (QED) is 0.632. The maximum absolute atomic E-state index is 5.59. The molecule has 3 rings (SSSR count). The van der Waals surface area contributed by atoms with Gasteiger partial charge in [0.25, 0.3) is 0 Å². The lowest BCUT2D eigenvalue weighted by molar-refractivity contribution is 0.572. The number of aromatic nitrogens is 1. The zero-order valence-electron chi connectivity index (χ0n) is 14.7. The Morgan fingerprint density at radius 1 is 1.33 bits per heavy atom. The molecule has 1 heterocycles. The first-order valence-electron chi connectivity index (χ1n) is 8.72. The van der Waals surface area contributed by atoms with Crippen molar-refractivity contribution in [1.29, 1.82) is 0 Å². The van der Waals surface area contributed by atoms with E-state index < -0.39 is 0 Å². The molecule has 2 atom stereocenters. The van der Waals surface area contributed by atoms with Crippen LogP contribution in [0.5, 0.6) is 0 Å². The SMILES string of the molecule is CCNC(=NCCc1coc(-c2ccc(C)cc2)n1)NC1CC1C. The molecular formula is C19H26N4O. The van der Waals surface area contributed by atoms with Crippen molar-refractivity contribution in [2.75, 3.05) is 13.1 Å². The van der Waals surface area contributed by atoms with Crippen LogP contribution in [0.25, 0.3) is 11.5 Å². The maximum Gasteiger partial charge on any atom is 0.226 e. The monoisotopic (exact) mass is 326 g/mol. The second-order valence-electron chi connectivity index (χ2n) is 6.48. The molecule has 0 bridgehead atoms. The summed E-state index contributed by atoms with van der Waals surface area (Å²) >= 11 is 0. The molecule has 0 aliphatic heterocycles. The summed E-state index contributed by atoms with van der Waals surface area (Å²) in [4.78, 5) is 9.19. The van der Waals surface area contributed by atoms with Crippen LogP contribution in [0.3, 0.4) is 0 Å². The van der Waals surface area contributed by atoms with Crippen LogP contribution >= 0.6 is 0 Å². The van der Waals surface area contributed by atoms with Crippen molar-refractivity contribution in [2.45, 2.75) is 39.7 Å². The van der Waals surface area contributed by atoms with Crippen LogP contribution in [0.1, 0.15) is 31.5 Å². The van der Waals surface area contributed by atoms with E-state index in [9.17, 15) is 0 Å². The summed E-state index contributed by atoms with van der Waals surface area (Å²) in [7, 11) is 0. The highest BCUT2D eigenvalue weighted by Crippen LogP contribution is 2.28. The number of hydrogen-bond acceptors (Lipinski definition) is 3. The zero-order chi connectivity index (χ0) is 16.9. The lowest BCUT2D eigenvalue weighted by atomic mass is 10.1. The van der Waals surface area contributed by atoms with E-state index in [0.29, 0.717) is 18.5 Å². The summed E-state index contributed by atoms with van der Waals surface area (Å²) < 4.78 is 5.59. The van der Waals surface area contributed by atoms with Crippen LogP contribution in [0.4, 0.5) is 0 Å². The largest absolute Gasteiger partial charge is 0.444 e. The second-order valence-corrected chi connectivity index (χ2v) is 6.48. The summed E-state index contributed by atoms with van der Waals surface area (Å²) in [6, 6.07) is 8.77. The Morgan fingerprint density at radius 3 is 2.75 bits per heavy atom. The van der Waals surface area contributed by atoms with Crippen molar-refractivity contribution in [3.05, 3.63) is 41.8 Å². The number of guanidine groups is 1. The van der Waals surface area contributed by atoms with Crippen molar-refractivity contribution >= 4 is 5.96 Å². The first-order chi connectivity index (χ1) is 11.7. The van der Waals surface area contributed by atoms with Crippen molar-refractivity contribution in [2.24, 2.45) is 10.9 Å². The molecule has 1 aromatic carbocycles. The van der Waals surface area contributed by atoms with Crippen LogP contribution in [-0.2, 0) is 6.42 Å². The third-order valence-electron chi connectivity index (χ3n) is 4.26. The number of rotatable bonds is 6. The van der Waals surface area contributed by atoms with Crippen LogP contribution in [0.15, 0.2) is 39.9 Å². The molecule has 2 N–H and O–H groups in total. The molecule has 0 amide bonds. The molecule has 2 aromatic rings. The van der Waals surface area contributed by atoms with Gasteiger partial charge in [-0.15, -0.1) is 0 Å². The van der Waals surface area contributed by atoms with Crippen LogP contribution in [0.2, 0.25) is 0 Å². The fourth-order valence-electron chi connectivity index (χ4n) is 2.55. The molecule has 1 aromatic heterocycles. The van der Waals surface area contributed by atoms with Gasteiger partial charge in [-0.05, 0) is 38.3 Å². The van der Waals surface area contributed by atoms with E-state index in [0.717, 1.165) is 36.1 Å². The topological polar surface area (TPSA) is 62.5 Å². The summed E-state index contributed by atoms with van der Waals surface area (Å²) in [5, 5.41) is 6.75. The standard InChI is InChI=1S/C19H26N4O/c1-4-20-19(23-17-11-14(17)3)21-10-9-16-12-24-18(22-16)15-7-5-13(2)6-8-15/h5-8,12,14,17H,4,9-11H2,1-3H3,(H2,20,21,23). The molecule has 1 aliphatic rings. The normalized spacial score (nSPS) is 20.0. The Kier molecular flexibility index (Phi) is 5.18. The highest BCUT2D eigenvalue weighted by atomic mass is 16.3. The van der Waals surface area contributed by atoms with Crippen molar-refractivity contribution in [3.8, 4) is 11.5 Å². The van der Waals surface area contributed by atoms with E-state index in [1.165, 1.54) is 12.0 Å². The molecule has 0 radical (unpaired) electrons. The fourth-order valence-corrected chi connectivity index (χ4v) is 2.55. The van der Waals surface area contributed by atoms with Crippen LogP contribution in [-0.4, -0.2) is 30.1 Å².